The number of fused-ring (bicyclic) bond motifs is 6. The van der Waals surface area contributed by atoms with Crippen molar-refractivity contribution in [2.45, 2.75) is 238 Å². The van der Waals surface area contributed by atoms with Crippen molar-refractivity contribution in [1.29, 1.82) is 0 Å². The van der Waals surface area contributed by atoms with Crippen molar-refractivity contribution in [3.8, 4) is 5.75 Å². The highest BCUT2D eigenvalue weighted by molar-refractivity contribution is 5.77. The summed E-state index contributed by atoms with van der Waals surface area (Å²) in [5.41, 5.74) is 21.3. The first-order chi connectivity index (χ1) is 31.8. The van der Waals surface area contributed by atoms with Crippen molar-refractivity contribution in [2.24, 2.45) is 87.1 Å². The average Bonchev–Trinajstić information content (AvgIpc) is 3.67. The Balaban J connectivity index is 0.000000288. The molecule has 1 aromatic rings. The fraction of sp³-hybridized carbons (Fsp3) is 0.820. The van der Waals surface area contributed by atoms with E-state index in [0.29, 0.717) is 51.3 Å². The van der Waals surface area contributed by atoms with Crippen molar-refractivity contribution < 1.29 is 14.3 Å². The lowest BCUT2D eigenvalue weighted by Gasteiger charge is -2.61. The largest absolute Gasteiger partial charge is 0.489 e. The molecule has 6 heteroatoms. The summed E-state index contributed by atoms with van der Waals surface area (Å²) in [5.74, 6) is 9.29. The molecule has 384 valence electrons. The molecule has 0 saturated heterocycles. The van der Waals surface area contributed by atoms with Gasteiger partial charge in [0.05, 0.1) is 23.4 Å². The van der Waals surface area contributed by atoms with Gasteiger partial charge in [0.15, 0.2) is 5.75 Å². The van der Waals surface area contributed by atoms with Gasteiger partial charge in [-0.2, -0.15) is 0 Å². The van der Waals surface area contributed by atoms with Gasteiger partial charge in [0.2, 0.25) is 0 Å². The average molecular weight is 931 g/mol. The number of esters is 1. The Morgan fingerprint density at radius 3 is 2.06 bits per heavy atom. The topological polar surface area (TPSA) is 114 Å². The molecule has 6 aliphatic rings. The number of rotatable bonds is 13. The molecule has 6 fully saturated rings. The van der Waals surface area contributed by atoms with Crippen molar-refractivity contribution in [3.63, 3.8) is 0 Å². The maximum absolute atomic E-state index is 13.2. The third kappa shape index (κ3) is 13.8. The summed E-state index contributed by atoms with van der Waals surface area (Å²) < 4.78 is 12.2. The summed E-state index contributed by atoms with van der Waals surface area (Å²) in [6.45, 7) is 32.2. The highest BCUT2D eigenvalue weighted by Gasteiger charge is 2.61. The minimum Gasteiger partial charge on any atom is -0.489 e. The van der Waals surface area contributed by atoms with Gasteiger partial charge in [-0.1, -0.05) is 141 Å². The first-order valence-electron chi connectivity index (χ1n) is 28.5. The summed E-state index contributed by atoms with van der Waals surface area (Å²) >= 11 is 0. The predicted molar refractivity (Wildman–Crippen MR) is 288 cm³/mol. The van der Waals surface area contributed by atoms with Gasteiger partial charge >= 0.3 is 5.97 Å². The van der Waals surface area contributed by atoms with Gasteiger partial charge in [-0.05, 0) is 197 Å². The van der Waals surface area contributed by atoms with Crippen LogP contribution in [0.3, 0.4) is 0 Å². The van der Waals surface area contributed by atoms with Gasteiger partial charge in [-0.25, -0.2) is 0 Å². The van der Waals surface area contributed by atoms with Crippen LogP contribution in [-0.2, 0) is 9.53 Å². The van der Waals surface area contributed by atoms with E-state index in [0.717, 1.165) is 78.1 Å². The smallest absolute Gasteiger partial charge is 0.314 e. The summed E-state index contributed by atoms with van der Waals surface area (Å²) in [6.07, 6.45) is 32.0. The number of hydrogen-bond acceptors (Lipinski definition) is 6. The normalized spacial score (nSPS) is 35.1. The zero-order valence-corrected chi connectivity index (χ0v) is 46.1. The Hall–Kier alpha value is -2.63. The number of hydrogen-bond donors (Lipinski definition) is 3. The third-order valence-corrected chi connectivity index (χ3v) is 19.3. The number of carbonyl (C=O) groups is 1. The van der Waals surface area contributed by atoms with Gasteiger partial charge in [-0.3, -0.25) is 4.79 Å². The third-order valence-electron chi connectivity index (χ3n) is 19.3. The van der Waals surface area contributed by atoms with Gasteiger partial charge in [0, 0.05) is 5.69 Å². The summed E-state index contributed by atoms with van der Waals surface area (Å²) in [6, 6.07) is 5.13. The van der Waals surface area contributed by atoms with Crippen LogP contribution >= 0.6 is 0 Å². The number of ether oxygens (including phenoxy) is 2. The van der Waals surface area contributed by atoms with Crippen LogP contribution in [0, 0.1) is 81.3 Å². The quantitative estimate of drug-likeness (QED) is 0.0597. The maximum atomic E-state index is 13.2. The molecule has 0 radical (unpaired) electrons. The lowest BCUT2D eigenvalue weighted by atomic mass is 9.44. The van der Waals surface area contributed by atoms with E-state index < -0.39 is 0 Å². The molecule has 1 aromatic carbocycles. The second-order valence-corrected chi connectivity index (χ2v) is 24.1. The van der Waals surface area contributed by atoms with Crippen LogP contribution in [0.25, 0.3) is 0 Å². The fourth-order valence-electron chi connectivity index (χ4n) is 15.3. The number of allylic oxidation sites excluding steroid dienone is 2. The minimum atomic E-state index is -0.105. The predicted octanol–water partition coefficient (Wildman–Crippen LogP) is 17.1. The molecule has 13 atom stereocenters. The zero-order chi connectivity index (χ0) is 49.7. The Labute approximate surface area is 414 Å². The number of benzene rings is 1. The molecule has 0 amide bonds. The molecule has 67 heavy (non-hydrogen) atoms. The van der Waals surface area contributed by atoms with Crippen LogP contribution in [0.5, 0.6) is 5.75 Å². The van der Waals surface area contributed by atoms with Gasteiger partial charge in [-0.15, -0.1) is 0 Å². The monoisotopic (exact) mass is 930 g/mol. The lowest BCUT2D eigenvalue weighted by Crippen LogP contribution is -2.54. The lowest BCUT2D eigenvalue weighted by molar-refractivity contribution is -0.150. The number of carbonyl (C=O) groups excluding carboxylic acids is 1. The molecule has 6 nitrogen and oxygen atoms in total. The molecule has 0 heterocycles. The van der Waals surface area contributed by atoms with Crippen LogP contribution < -0.4 is 21.9 Å². The molecular weight excluding hydrogens is 823 g/mol. The molecule has 0 bridgehead atoms. The standard InChI is InChI=1S/C34H54N2O2.C21H37NO.C4H10.C2H6/c1-21(2)7-6-8-22(3)27-12-13-28-26-11-9-24-19-23(32(37)38-31-14-10-25(35)20-30(31)36)15-17-33(24,4)29(26)16-18-34(27,28)5;1-6-16-9-8-10-17-14-18(11-12-21(16,17)5)23-20(13-15(3)4)19(22)7-2;1-3-4-2;1-2/h10,14,20-24,26-29H,6-9,11-13,15-19,35-36H2,1-5H3;7,13,15-18H,6,8-12,14,22H2,1-5H3;3-4H2,1-2H3;1-2H3/b;19-7+,20-13+;;. The molecular formula is C61H107N3O3. The molecule has 0 spiro atoms. The van der Waals surface area contributed by atoms with Crippen LogP contribution in [0.4, 0.5) is 11.4 Å². The van der Waals surface area contributed by atoms with Crippen LogP contribution in [0.2, 0.25) is 0 Å². The van der Waals surface area contributed by atoms with E-state index in [4.69, 9.17) is 26.7 Å². The number of nitrogen functional groups attached to an aromatic ring is 2. The van der Waals surface area contributed by atoms with Crippen molar-refractivity contribution in [1.82, 2.24) is 0 Å². The number of unbranched alkanes of at least 4 members (excludes halogenated alkanes) is 1. The van der Waals surface area contributed by atoms with E-state index in [9.17, 15) is 4.79 Å². The Morgan fingerprint density at radius 1 is 0.776 bits per heavy atom. The zero-order valence-electron chi connectivity index (χ0n) is 46.1. The van der Waals surface area contributed by atoms with Crippen molar-refractivity contribution >= 4 is 17.3 Å². The number of nitrogens with two attached hydrogens (primary N) is 3. The van der Waals surface area contributed by atoms with Gasteiger partial charge < -0.3 is 26.7 Å². The number of anilines is 2. The van der Waals surface area contributed by atoms with Gasteiger partial charge in [0.1, 0.15) is 5.76 Å². The van der Waals surface area contributed by atoms with E-state index in [1.807, 2.05) is 26.8 Å². The summed E-state index contributed by atoms with van der Waals surface area (Å²) in [5, 5.41) is 0. The second kappa shape index (κ2) is 26.0. The fourth-order valence-corrected chi connectivity index (χ4v) is 15.3. The van der Waals surface area contributed by atoms with Crippen LogP contribution in [0.15, 0.2) is 41.8 Å². The van der Waals surface area contributed by atoms with Crippen molar-refractivity contribution in [2.75, 3.05) is 11.5 Å². The van der Waals surface area contributed by atoms with Crippen LogP contribution in [-0.4, -0.2) is 12.1 Å². The molecule has 13 unspecified atom stereocenters. The molecule has 0 aliphatic heterocycles. The molecule has 0 aromatic heterocycles. The minimum absolute atomic E-state index is 0.0158. The van der Waals surface area contributed by atoms with E-state index >= 15 is 0 Å². The van der Waals surface area contributed by atoms with E-state index in [-0.39, 0.29) is 11.9 Å². The first-order valence-corrected chi connectivity index (χ1v) is 28.5. The Kier molecular flexibility index (Phi) is 22.1. The Bertz CT molecular complexity index is 1720. The summed E-state index contributed by atoms with van der Waals surface area (Å²) in [7, 11) is 0. The molecule has 6 aliphatic carbocycles. The highest BCUT2D eigenvalue weighted by atomic mass is 16.5. The SMILES string of the molecule is C/C=C(N)\C(=C/C(C)C)OC1CCC2(C)C(CC)CCCC2C1.CC.CC(C)CCCC(C)C1CCC2C3CCC4CC(C(=O)Oc5ccc(N)cc5N)CCC4(C)C3CCC12C.CCCC. The van der Waals surface area contributed by atoms with Gasteiger partial charge in [0.25, 0.3) is 0 Å². The van der Waals surface area contributed by atoms with E-state index in [1.165, 1.54) is 116 Å². The van der Waals surface area contributed by atoms with E-state index in [1.54, 1.807) is 18.2 Å². The van der Waals surface area contributed by atoms with Crippen LogP contribution in [0.1, 0.15) is 232 Å². The molecule has 6 saturated carbocycles. The Morgan fingerprint density at radius 2 is 1.43 bits per heavy atom. The van der Waals surface area contributed by atoms with Crippen molar-refractivity contribution in [3.05, 3.63) is 41.8 Å². The molecule has 6 N–H and O–H groups in total. The maximum Gasteiger partial charge on any atom is 0.314 e. The summed E-state index contributed by atoms with van der Waals surface area (Å²) in [4.78, 5) is 13.2. The highest BCUT2D eigenvalue weighted by Crippen LogP contribution is 2.69. The molecule has 7 rings (SSSR count). The second-order valence-electron chi connectivity index (χ2n) is 24.1. The first kappa shape index (κ1) is 57.0. The van der Waals surface area contributed by atoms with E-state index in [2.05, 4.69) is 82.2 Å².